The van der Waals surface area contributed by atoms with Gasteiger partial charge in [-0.3, -0.25) is 4.79 Å². The third-order valence-corrected chi connectivity index (χ3v) is 6.08. The van der Waals surface area contributed by atoms with Gasteiger partial charge < -0.3 is 9.47 Å². The molecule has 1 fully saturated rings. The van der Waals surface area contributed by atoms with Crippen LogP contribution in [-0.4, -0.2) is 21.9 Å². The Morgan fingerprint density at radius 2 is 1.72 bits per heavy atom. The van der Waals surface area contributed by atoms with Crippen molar-refractivity contribution in [3.05, 3.63) is 71.2 Å². The highest BCUT2D eigenvalue weighted by molar-refractivity contribution is 5.95. The van der Waals surface area contributed by atoms with Crippen LogP contribution in [0, 0.1) is 17.7 Å². The molecule has 1 amide bonds. The molecule has 5 heteroatoms. The molecule has 1 aliphatic heterocycles. The first kappa shape index (κ1) is 19.9. The van der Waals surface area contributed by atoms with Gasteiger partial charge in [-0.05, 0) is 48.7 Å². The van der Waals surface area contributed by atoms with Crippen LogP contribution in [0.2, 0.25) is 0 Å². The summed E-state index contributed by atoms with van der Waals surface area (Å²) in [6.45, 7) is 4.70. The monoisotopic (exact) mass is 397 g/mol. The quantitative estimate of drug-likeness (QED) is 0.579. The number of fused-ring (bicyclic) bond motifs is 1. The van der Waals surface area contributed by atoms with Gasteiger partial charge in [-0.2, -0.15) is 0 Å². The second-order valence-electron chi connectivity index (χ2n) is 8.73. The van der Waals surface area contributed by atoms with Crippen LogP contribution in [0.5, 0.6) is 0 Å². The number of rotatable bonds is 2. The number of benzene rings is 1. The molecule has 0 saturated heterocycles. The lowest BCUT2D eigenvalue weighted by molar-refractivity contribution is 0.0800. The van der Waals surface area contributed by atoms with E-state index >= 15 is 0 Å². The van der Waals surface area contributed by atoms with E-state index in [0.29, 0.717) is 6.54 Å². The summed E-state index contributed by atoms with van der Waals surface area (Å²) in [7, 11) is 0. The Balaban J connectivity index is 1.66. The van der Waals surface area contributed by atoms with Crippen molar-refractivity contribution in [2.45, 2.75) is 57.8 Å². The maximum Gasteiger partial charge on any atom is 0.257 e. The van der Waals surface area contributed by atoms with Gasteiger partial charge in [0.05, 0.1) is 6.04 Å². The fraction of sp³-hybridized carbons (Fsp3) is 0.417. The molecule has 1 aromatic carbocycles. The Labute approximate surface area is 171 Å². The van der Waals surface area contributed by atoms with E-state index in [-0.39, 0.29) is 16.9 Å². The van der Waals surface area contributed by atoms with E-state index in [0.717, 1.165) is 30.7 Å². The van der Waals surface area contributed by atoms with E-state index in [9.17, 15) is 13.6 Å². The Hall–Kier alpha value is -2.43. The zero-order chi connectivity index (χ0) is 20.6. The largest absolute Gasteiger partial charge is 0.339 e. The maximum absolute atomic E-state index is 13.6. The summed E-state index contributed by atoms with van der Waals surface area (Å²) in [5.74, 6) is -2.28. The number of hydrogen-bond donors (Lipinski definition) is 0. The number of hydrogen-bond acceptors (Lipinski definition) is 1. The second kappa shape index (κ2) is 7.77. The molecule has 2 aliphatic rings. The van der Waals surface area contributed by atoms with Crippen molar-refractivity contribution in [3.63, 3.8) is 0 Å². The van der Waals surface area contributed by atoms with Gasteiger partial charge in [0, 0.05) is 35.6 Å². The molecular formula is C24H27F2N2O. The predicted molar refractivity (Wildman–Crippen MR) is 110 cm³/mol. The van der Waals surface area contributed by atoms with Gasteiger partial charge in [0.2, 0.25) is 0 Å². The topological polar surface area (TPSA) is 25.2 Å². The standard InChI is InChI=1S/C24H27F2N2O/c1-24(2)16-27(23(29)17-9-10-20(25)21(26)15-17)13-12-22-19(24)11-14-28(22)18-7-5-3-4-6-8-18/h9-15H,3-8,16H2,1-2H3. The molecule has 1 aromatic heterocycles. The number of nitrogens with zero attached hydrogens (tertiary/aromatic N) is 2. The zero-order valence-electron chi connectivity index (χ0n) is 17.0. The first-order chi connectivity index (χ1) is 13.9. The van der Waals surface area contributed by atoms with Gasteiger partial charge in [0.1, 0.15) is 0 Å². The van der Waals surface area contributed by atoms with E-state index in [1.807, 2.05) is 6.08 Å². The van der Waals surface area contributed by atoms with E-state index in [1.54, 1.807) is 11.1 Å². The minimum absolute atomic E-state index is 0.150. The van der Waals surface area contributed by atoms with Crippen molar-refractivity contribution in [1.82, 2.24) is 9.47 Å². The van der Waals surface area contributed by atoms with E-state index in [4.69, 9.17) is 0 Å². The SMILES string of the molecule is CC1(C)CN(C(=O)c2ccc(F)c(F)c2)C=Cc2c1ccn2[C]1CCCCCC1. The summed E-state index contributed by atoms with van der Waals surface area (Å²) in [6.07, 6.45) is 13.1. The number of carbonyl (C=O) groups excluding carboxylic acids is 1. The van der Waals surface area contributed by atoms with Crippen LogP contribution >= 0.6 is 0 Å². The Morgan fingerprint density at radius 1 is 1.00 bits per heavy atom. The van der Waals surface area contributed by atoms with E-state index in [2.05, 4.69) is 30.7 Å². The summed E-state index contributed by atoms with van der Waals surface area (Å²) in [5, 5.41) is 0. The molecule has 4 rings (SSSR count). The smallest absolute Gasteiger partial charge is 0.257 e. The molecule has 2 aromatic rings. The van der Waals surface area contributed by atoms with Crippen LogP contribution in [0.15, 0.2) is 36.7 Å². The highest BCUT2D eigenvalue weighted by atomic mass is 19.2. The molecule has 0 atom stereocenters. The maximum atomic E-state index is 13.6. The Kier molecular flexibility index (Phi) is 5.32. The molecule has 1 aliphatic carbocycles. The zero-order valence-corrected chi connectivity index (χ0v) is 17.0. The van der Waals surface area contributed by atoms with Gasteiger partial charge in [-0.25, -0.2) is 8.78 Å². The predicted octanol–water partition coefficient (Wildman–Crippen LogP) is 5.90. The molecule has 0 unspecified atom stereocenters. The molecule has 3 nitrogen and oxygen atoms in total. The van der Waals surface area contributed by atoms with Crippen LogP contribution in [0.3, 0.4) is 0 Å². The number of amides is 1. The highest BCUT2D eigenvalue weighted by Crippen LogP contribution is 2.36. The summed E-state index contributed by atoms with van der Waals surface area (Å²) >= 11 is 0. The first-order valence-corrected chi connectivity index (χ1v) is 10.4. The Bertz CT molecular complexity index is 936. The summed E-state index contributed by atoms with van der Waals surface area (Å²) < 4.78 is 29.2. The van der Waals surface area contributed by atoms with Crippen LogP contribution in [0.4, 0.5) is 8.78 Å². The number of carbonyl (C=O) groups is 1. The van der Waals surface area contributed by atoms with Crippen LogP contribution < -0.4 is 0 Å². The van der Waals surface area contributed by atoms with Crippen LogP contribution in [0.1, 0.15) is 74.0 Å². The highest BCUT2D eigenvalue weighted by Gasteiger charge is 2.33. The Morgan fingerprint density at radius 3 is 2.41 bits per heavy atom. The molecule has 1 saturated carbocycles. The van der Waals surface area contributed by atoms with E-state index in [1.165, 1.54) is 43.4 Å². The lowest BCUT2D eigenvalue weighted by Gasteiger charge is -2.29. The molecule has 29 heavy (non-hydrogen) atoms. The molecular weight excluding hydrogens is 370 g/mol. The third-order valence-electron chi connectivity index (χ3n) is 6.08. The minimum atomic E-state index is -1.01. The van der Waals surface area contributed by atoms with Crippen molar-refractivity contribution >= 4 is 12.0 Å². The van der Waals surface area contributed by atoms with Gasteiger partial charge in [0.25, 0.3) is 5.91 Å². The van der Waals surface area contributed by atoms with Crippen LogP contribution in [-0.2, 0) is 5.41 Å². The van der Waals surface area contributed by atoms with Crippen molar-refractivity contribution in [2.75, 3.05) is 6.54 Å². The summed E-state index contributed by atoms with van der Waals surface area (Å²) in [4.78, 5) is 14.6. The van der Waals surface area contributed by atoms with Crippen molar-refractivity contribution < 1.29 is 13.6 Å². The summed E-state index contributed by atoms with van der Waals surface area (Å²) in [6, 6.07) is 6.90. The van der Waals surface area contributed by atoms with Gasteiger partial charge >= 0.3 is 0 Å². The minimum Gasteiger partial charge on any atom is -0.339 e. The lowest BCUT2D eigenvalue weighted by atomic mass is 9.84. The molecule has 0 N–H and O–H groups in total. The van der Waals surface area contributed by atoms with Crippen molar-refractivity contribution in [2.24, 2.45) is 0 Å². The van der Waals surface area contributed by atoms with Gasteiger partial charge in [-0.1, -0.05) is 39.5 Å². The summed E-state index contributed by atoms with van der Waals surface area (Å²) in [5.41, 5.74) is 2.19. The second-order valence-corrected chi connectivity index (χ2v) is 8.73. The van der Waals surface area contributed by atoms with Gasteiger partial charge in [-0.15, -0.1) is 0 Å². The molecule has 0 spiro atoms. The first-order valence-electron chi connectivity index (χ1n) is 10.4. The fourth-order valence-electron chi connectivity index (χ4n) is 4.50. The molecule has 2 heterocycles. The molecule has 1 radical (unpaired) electrons. The third kappa shape index (κ3) is 3.87. The van der Waals surface area contributed by atoms with Crippen LogP contribution in [0.25, 0.3) is 6.08 Å². The molecule has 153 valence electrons. The average Bonchev–Trinajstić information content (AvgIpc) is 2.86. The molecule has 0 bridgehead atoms. The van der Waals surface area contributed by atoms with Gasteiger partial charge in [0.15, 0.2) is 11.6 Å². The van der Waals surface area contributed by atoms with Crippen molar-refractivity contribution in [1.29, 1.82) is 0 Å². The normalized spacial score (nSPS) is 19.5. The van der Waals surface area contributed by atoms with E-state index < -0.39 is 11.6 Å². The van der Waals surface area contributed by atoms with Crippen molar-refractivity contribution in [3.8, 4) is 0 Å². The lowest BCUT2D eigenvalue weighted by Crippen LogP contribution is -2.36. The number of halogens is 2. The fourth-order valence-corrected chi connectivity index (χ4v) is 4.50. The number of aromatic nitrogens is 1. The average molecular weight is 397 g/mol.